The highest BCUT2D eigenvalue weighted by atomic mass is 16.6. The third-order valence-electron chi connectivity index (χ3n) is 5.00. The number of aryl methyl sites for hydroxylation is 2. The lowest BCUT2D eigenvalue weighted by Crippen LogP contribution is -2.24. The van der Waals surface area contributed by atoms with Crippen LogP contribution >= 0.6 is 0 Å². The molecule has 2 heterocycles. The van der Waals surface area contributed by atoms with E-state index in [9.17, 15) is 0 Å². The van der Waals surface area contributed by atoms with Gasteiger partial charge in [0.25, 0.3) is 0 Å². The van der Waals surface area contributed by atoms with Gasteiger partial charge in [0.15, 0.2) is 11.5 Å². The maximum atomic E-state index is 5.75. The summed E-state index contributed by atoms with van der Waals surface area (Å²) < 4.78 is 18.7. The third kappa shape index (κ3) is 3.18. The summed E-state index contributed by atoms with van der Waals surface area (Å²) in [6.45, 7) is 4.00. The van der Waals surface area contributed by atoms with Gasteiger partial charge in [-0.25, -0.2) is 4.68 Å². The van der Waals surface area contributed by atoms with Crippen LogP contribution in [0.1, 0.15) is 35.7 Å². The second-order valence-corrected chi connectivity index (χ2v) is 6.80. The van der Waals surface area contributed by atoms with Gasteiger partial charge in [-0.15, -0.1) is 0 Å². The van der Waals surface area contributed by atoms with Gasteiger partial charge >= 0.3 is 0 Å². The molecule has 0 unspecified atom stereocenters. The molecule has 1 aromatic carbocycles. The molecule has 1 N–H and O–H groups in total. The van der Waals surface area contributed by atoms with Crippen molar-refractivity contribution < 1.29 is 14.2 Å². The number of aromatic nitrogens is 2. The topological polar surface area (TPSA) is 57.5 Å². The molecule has 1 saturated carbocycles. The number of hydrogen-bond acceptors (Lipinski definition) is 5. The minimum atomic E-state index is 0.306. The predicted molar refractivity (Wildman–Crippen MR) is 94.2 cm³/mol. The molecule has 1 aliphatic heterocycles. The highest BCUT2D eigenvalue weighted by Crippen LogP contribution is 2.43. The first kappa shape index (κ1) is 16.3. The SMILES string of the molecule is COc1c(CN[C@H](c2ccc3c(c2)OCCO3)C2CC2)c(C)nn1C. The van der Waals surface area contributed by atoms with E-state index in [1.165, 1.54) is 18.4 Å². The molecular formula is C19H25N3O3. The van der Waals surface area contributed by atoms with Crippen LogP contribution in [0.4, 0.5) is 0 Å². The number of hydrogen-bond donors (Lipinski definition) is 1. The molecule has 0 radical (unpaired) electrons. The van der Waals surface area contributed by atoms with Gasteiger partial charge in [-0.2, -0.15) is 5.10 Å². The van der Waals surface area contributed by atoms with Crippen molar-refractivity contribution in [2.24, 2.45) is 13.0 Å². The fraction of sp³-hybridized carbons (Fsp3) is 0.526. The zero-order valence-corrected chi connectivity index (χ0v) is 15.0. The first-order chi connectivity index (χ1) is 12.2. The molecule has 1 fully saturated rings. The van der Waals surface area contributed by atoms with Crippen molar-refractivity contribution in [2.45, 2.75) is 32.4 Å². The molecule has 0 bridgehead atoms. The number of rotatable bonds is 6. The lowest BCUT2D eigenvalue weighted by molar-refractivity contribution is 0.171. The molecule has 1 atom stereocenters. The summed E-state index contributed by atoms with van der Waals surface area (Å²) in [6, 6.07) is 6.60. The first-order valence-electron chi connectivity index (χ1n) is 8.86. The molecule has 6 nitrogen and oxygen atoms in total. The lowest BCUT2D eigenvalue weighted by atomic mass is 10.0. The zero-order chi connectivity index (χ0) is 17.4. The summed E-state index contributed by atoms with van der Waals surface area (Å²) in [5, 5.41) is 8.19. The molecule has 0 spiro atoms. The Morgan fingerprint density at radius 2 is 2.04 bits per heavy atom. The van der Waals surface area contributed by atoms with Gasteiger partial charge in [-0.3, -0.25) is 0 Å². The van der Waals surface area contributed by atoms with E-state index < -0.39 is 0 Å². The van der Waals surface area contributed by atoms with Crippen molar-refractivity contribution in [1.82, 2.24) is 15.1 Å². The molecule has 0 saturated heterocycles. The van der Waals surface area contributed by atoms with E-state index in [1.54, 1.807) is 11.8 Å². The molecule has 2 aliphatic rings. The van der Waals surface area contributed by atoms with Crippen LogP contribution in [0.2, 0.25) is 0 Å². The summed E-state index contributed by atoms with van der Waals surface area (Å²) in [5.41, 5.74) is 3.38. The molecule has 2 aromatic rings. The Labute approximate surface area is 148 Å². The largest absolute Gasteiger partial charge is 0.486 e. The van der Waals surface area contributed by atoms with E-state index in [2.05, 4.69) is 22.5 Å². The van der Waals surface area contributed by atoms with E-state index in [0.29, 0.717) is 25.2 Å². The zero-order valence-electron chi connectivity index (χ0n) is 15.0. The minimum Gasteiger partial charge on any atom is -0.486 e. The fourth-order valence-corrected chi connectivity index (χ4v) is 3.59. The predicted octanol–water partition coefficient (Wildman–Crippen LogP) is 2.75. The summed E-state index contributed by atoms with van der Waals surface area (Å²) in [7, 11) is 3.60. The maximum absolute atomic E-state index is 5.75. The molecule has 1 aliphatic carbocycles. The van der Waals surface area contributed by atoms with E-state index in [0.717, 1.165) is 35.2 Å². The maximum Gasteiger partial charge on any atom is 0.216 e. The van der Waals surface area contributed by atoms with Crippen LogP contribution in [0.3, 0.4) is 0 Å². The molecule has 1 aromatic heterocycles. The van der Waals surface area contributed by atoms with Gasteiger partial charge < -0.3 is 19.5 Å². The Morgan fingerprint density at radius 1 is 1.28 bits per heavy atom. The third-order valence-corrected chi connectivity index (χ3v) is 5.00. The van der Waals surface area contributed by atoms with Crippen LogP contribution in [0.25, 0.3) is 0 Å². The van der Waals surface area contributed by atoms with Crippen molar-refractivity contribution in [3.8, 4) is 17.4 Å². The number of fused-ring (bicyclic) bond motifs is 1. The Bertz CT molecular complexity index is 768. The van der Waals surface area contributed by atoms with Crippen LogP contribution in [0, 0.1) is 12.8 Å². The molecule has 6 heteroatoms. The lowest BCUT2D eigenvalue weighted by Gasteiger charge is -2.23. The number of nitrogens with one attached hydrogen (secondary N) is 1. The second-order valence-electron chi connectivity index (χ2n) is 6.80. The van der Waals surface area contributed by atoms with Crippen molar-refractivity contribution in [1.29, 1.82) is 0 Å². The number of nitrogens with zero attached hydrogens (tertiary/aromatic N) is 2. The second kappa shape index (κ2) is 6.59. The minimum absolute atomic E-state index is 0.306. The normalized spacial score (nSPS) is 17.4. The smallest absolute Gasteiger partial charge is 0.216 e. The van der Waals surface area contributed by atoms with Crippen LogP contribution in [0.15, 0.2) is 18.2 Å². The van der Waals surface area contributed by atoms with Crippen LogP contribution in [-0.2, 0) is 13.6 Å². The van der Waals surface area contributed by atoms with Gasteiger partial charge in [0, 0.05) is 19.6 Å². The van der Waals surface area contributed by atoms with E-state index in [-0.39, 0.29) is 0 Å². The van der Waals surface area contributed by atoms with E-state index in [4.69, 9.17) is 14.2 Å². The molecule has 25 heavy (non-hydrogen) atoms. The van der Waals surface area contributed by atoms with Crippen molar-refractivity contribution in [3.05, 3.63) is 35.0 Å². The Morgan fingerprint density at radius 3 is 2.76 bits per heavy atom. The van der Waals surface area contributed by atoms with Gasteiger partial charge in [0.1, 0.15) is 13.2 Å². The van der Waals surface area contributed by atoms with Crippen LogP contribution in [0.5, 0.6) is 17.4 Å². The van der Waals surface area contributed by atoms with Crippen LogP contribution in [-0.4, -0.2) is 30.1 Å². The molecular weight excluding hydrogens is 318 g/mol. The number of ether oxygens (including phenoxy) is 3. The Hall–Kier alpha value is -2.21. The van der Waals surface area contributed by atoms with Crippen molar-refractivity contribution >= 4 is 0 Å². The monoisotopic (exact) mass is 343 g/mol. The first-order valence-corrected chi connectivity index (χ1v) is 8.86. The van der Waals surface area contributed by atoms with Crippen molar-refractivity contribution in [2.75, 3.05) is 20.3 Å². The van der Waals surface area contributed by atoms with E-state index >= 15 is 0 Å². The number of methoxy groups -OCH3 is 1. The Kier molecular flexibility index (Phi) is 4.29. The standard InChI is InChI=1S/C19H25N3O3/c1-12-15(19(23-3)22(2)21-12)11-20-18(13-4-5-13)14-6-7-16-17(10-14)25-9-8-24-16/h6-7,10,13,18,20H,4-5,8-9,11H2,1-3H3/t18-/m0/s1. The molecule has 0 amide bonds. The Balaban J connectivity index is 1.55. The highest BCUT2D eigenvalue weighted by Gasteiger charge is 2.33. The average Bonchev–Trinajstić information content (AvgIpc) is 3.41. The number of benzene rings is 1. The summed E-state index contributed by atoms with van der Waals surface area (Å²) in [4.78, 5) is 0. The summed E-state index contributed by atoms with van der Waals surface area (Å²) in [5.74, 6) is 3.19. The van der Waals surface area contributed by atoms with Gasteiger partial charge in [0.05, 0.1) is 18.4 Å². The molecule has 134 valence electrons. The fourth-order valence-electron chi connectivity index (χ4n) is 3.59. The van der Waals surface area contributed by atoms with Crippen LogP contribution < -0.4 is 19.5 Å². The van der Waals surface area contributed by atoms with Gasteiger partial charge in [-0.1, -0.05) is 6.07 Å². The van der Waals surface area contributed by atoms with Gasteiger partial charge in [0.2, 0.25) is 5.88 Å². The van der Waals surface area contributed by atoms with E-state index in [1.807, 2.05) is 20.0 Å². The highest BCUT2D eigenvalue weighted by molar-refractivity contribution is 5.45. The summed E-state index contributed by atoms with van der Waals surface area (Å²) in [6.07, 6.45) is 2.52. The van der Waals surface area contributed by atoms with Crippen molar-refractivity contribution in [3.63, 3.8) is 0 Å². The quantitative estimate of drug-likeness (QED) is 0.874. The molecule has 4 rings (SSSR count). The average molecular weight is 343 g/mol. The van der Waals surface area contributed by atoms with Gasteiger partial charge in [-0.05, 0) is 43.4 Å². The summed E-state index contributed by atoms with van der Waals surface area (Å²) >= 11 is 0.